The van der Waals surface area contributed by atoms with Gasteiger partial charge in [0.15, 0.2) is 5.82 Å². The van der Waals surface area contributed by atoms with Crippen LogP contribution >= 0.6 is 0 Å². The predicted molar refractivity (Wildman–Crippen MR) is 71.1 cm³/mol. The van der Waals surface area contributed by atoms with Crippen molar-refractivity contribution in [2.24, 2.45) is 5.14 Å². The number of hydrogen-bond acceptors (Lipinski definition) is 6. The molecular formula is C11H17FN4O3S. The first-order valence-corrected chi connectivity index (χ1v) is 7.86. The Balaban J connectivity index is 2.21. The van der Waals surface area contributed by atoms with E-state index in [-0.39, 0.29) is 18.6 Å². The second-order valence-corrected chi connectivity index (χ2v) is 6.48. The zero-order chi connectivity index (χ0) is 14.8. The van der Waals surface area contributed by atoms with E-state index in [0.29, 0.717) is 19.6 Å². The van der Waals surface area contributed by atoms with Crippen molar-refractivity contribution in [2.75, 3.05) is 24.6 Å². The molecule has 9 heteroatoms. The van der Waals surface area contributed by atoms with Gasteiger partial charge in [0.1, 0.15) is 0 Å². The average Bonchev–Trinajstić information content (AvgIpc) is 2.38. The van der Waals surface area contributed by atoms with Gasteiger partial charge in [-0.15, -0.1) is 0 Å². The monoisotopic (exact) mass is 304 g/mol. The summed E-state index contributed by atoms with van der Waals surface area (Å²) in [5.41, 5.74) is 0. The Labute approximate surface area is 117 Å². The van der Waals surface area contributed by atoms with Crippen molar-refractivity contribution >= 4 is 16.0 Å². The molecule has 1 aromatic rings. The Morgan fingerprint density at radius 2 is 2.10 bits per heavy atom. The van der Waals surface area contributed by atoms with Gasteiger partial charge in [-0.1, -0.05) is 0 Å². The van der Waals surface area contributed by atoms with E-state index >= 15 is 0 Å². The molecule has 0 radical (unpaired) electrons. The van der Waals surface area contributed by atoms with Crippen LogP contribution in [-0.2, 0) is 14.8 Å². The van der Waals surface area contributed by atoms with Crippen LogP contribution in [-0.4, -0.2) is 49.4 Å². The molecule has 0 aromatic carbocycles. The summed E-state index contributed by atoms with van der Waals surface area (Å²) in [5.74, 6) is -0.278. The van der Waals surface area contributed by atoms with Gasteiger partial charge in [0.2, 0.25) is 16.0 Å². The van der Waals surface area contributed by atoms with Crippen molar-refractivity contribution in [3.05, 3.63) is 18.2 Å². The Morgan fingerprint density at radius 1 is 1.45 bits per heavy atom. The number of aromatic nitrogens is 2. The molecule has 112 valence electrons. The molecule has 1 fully saturated rings. The van der Waals surface area contributed by atoms with E-state index in [0.717, 1.165) is 12.4 Å². The SMILES string of the molecule is CCOC1CC(S(N)(=O)=O)CN(c2ncc(F)cn2)C1. The average molecular weight is 304 g/mol. The second kappa shape index (κ2) is 5.98. The van der Waals surface area contributed by atoms with Gasteiger partial charge in [-0.05, 0) is 13.3 Å². The summed E-state index contributed by atoms with van der Waals surface area (Å²) in [4.78, 5) is 9.37. The highest BCUT2D eigenvalue weighted by Crippen LogP contribution is 2.21. The second-order valence-electron chi connectivity index (χ2n) is 4.63. The third-order valence-corrected chi connectivity index (χ3v) is 4.40. The van der Waals surface area contributed by atoms with E-state index in [2.05, 4.69) is 9.97 Å². The molecule has 1 saturated heterocycles. The summed E-state index contributed by atoms with van der Waals surface area (Å²) in [5, 5.41) is 4.47. The van der Waals surface area contributed by atoms with Gasteiger partial charge in [-0.3, -0.25) is 0 Å². The van der Waals surface area contributed by atoms with Gasteiger partial charge in [-0.2, -0.15) is 0 Å². The first kappa shape index (κ1) is 15.1. The number of halogens is 1. The first-order valence-electron chi connectivity index (χ1n) is 6.26. The topological polar surface area (TPSA) is 98.4 Å². The minimum atomic E-state index is -3.68. The van der Waals surface area contributed by atoms with Crippen molar-refractivity contribution in [3.8, 4) is 0 Å². The minimum absolute atomic E-state index is 0.175. The molecule has 0 aliphatic carbocycles. The van der Waals surface area contributed by atoms with Gasteiger partial charge in [0.25, 0.3) is 0 Å². The molecule has 7 nitrogen and oxygen atoms in total. The molecule has 1 aliphatic rings. The van der Waals surface area contributed by atoms with Crippen LogP contribution < -0.4 is 10.0 Å². The van der Waals surface area contributed by atoms with Crippen molar-refractivity contribution in [3.63, 3.8) is 0 Å². The Morgan fingerprint density at radius 3 is 2.65 bits per heavy atom. The van der Waals surface area contributed by atoms with Crippen LogP contribution in [0.3, 0.4) is 0 Å². The number of nitrogens with zero attached hydrogens (tertiary/aromatic N) is 3. The fourth-order valence-corrected chi connectivity index (χ4v) is 3.11. The Hall–Kier alpha value is -1.32. The van der Waals surface area contributed by atoms with Crippen LogP contribution in [0, 0.1) is 5.82 Å². The highest BCUT2D eigenvalue weighted by Gasteiger charge is 2.35. The molecule has 1 aliphatic heterocycles. The number of hydrogen-bond donors (Lipinski definition) is 1. The fraction of sp³-hybridized carbons (Fsp3) is 0.636. The molecule has 2 atom stereocenters. The molecule has 2 rings (SSSR count). The molecule has 2 heterocycles. The summed E-state index contributed by atoms with van der Waals surface area (Å²) in [6, 6.07) is 0. The summed E-state index contributed by atoms with van der Waals surface area (Å²) >= 11 is 0. The van der Waals surface area contributed by atoms with Crippen LogP contribution in [0.2, 0.25) is 0 Å². The van der Waals surface area contributed by atoms with Gasteiger partial charge in [0.05, 0.1) is 23.7 Å². The summed E-state index contributed by atoms with van der Waals surface area (Å²) in [6.45, 7) is 2.93. The van der Waals surface area contributed by atoms with E-state index in [9.17, 15) is 12.8 Å². The molecule has 2 unspecified atom stereocenters. The van der Waals surface area contributed by atoms with Gasteiger partial charge in [0, 0.05) is 19.7 Å². The fourth-order valence-electron chi connectivity index (χ4n) is 2.23. The van der Waals surface area contributed by atoms with Crippen molar-refractivity contribution < 1.29 is 17.5 Å². The maximum absolute atomic E-state index is 12.8. The maximum Gasteiger partial charge on any atom is 0.225 e. The lowest BCUT2D eigenvalue weighted by Crippen LogP contribution is -2.51. The number of nitrogens with two attached hydrogens (primary N) is 1. The molecule has 20 heavy (non-hydrogen) atoms. The number of rotatable bonds is 4. The highest BCUT2D eigenvalue weighted by atomic mass is 32.2. The van der Waals surface area contributed by atoms with E-state index in [1.54, 1.807) is 4.90 Å². The number of piperidine rings is 1. The largest absolute Gasteiger partial charge is 0.377 e. The molecular weight excluding hydrogens is 287 g/mol. The van der Waals surface area contributed by atoms with E-state index in [1.807, 2.05) is 6.92 Å². The minimum Gasteiger partial charge on any atom is -0.377 e. The standard InChI is InChI=1S/C11H17FN4O3S/c1-2-19-9-3-10(20(13,17)18)7-16(6-9)11-14-4-8(12)5-15-11/h4-5,9-10H,2-3,6-7H2,1H3,(H2,13,17,18). The van der Waals surface area contributed by atoms with E-state index < -0.39 is 21.1 Å². The van der Waals surface area contributed by atoms with Crippen LogP contribution in [0.4, 0.5) is 10.3 Å². The predicted octanol–water partition coefficient (Wildman–Crippen LogP) is -0.112. The maximum atomic E-state index is 12.8. The Kier molecular flexibility index (Phi) is 4.51. The van der Waals surface area contributed by atoms with Crippen LogP contribution in [0.15, 0.2) is 12.4 Å². The van der Waals surface area contributed by atoms with Gasteiger partial charge in [-0.25, -0.2) is 27.9 Å². The third kappa shape index (κ3) is 3.62. The number of ether oxygens (including phenoxy) is 1. The molecule has 1 aromatic heterocycles. The summed E-state index contributed by atoms with van der Waals surface area (Å²) in [7, 11) is -3.68. The van der Waals surface area contributed by atoms with Crippen LogP contribution in [0.25, 0.3) is 0 Å². The summed E-state index contributed by atoms with van der Waals surface area (Å²) < 4.78 is 41.4. The highest BCUT2D eigenvalue weighted by molar-refractivity contribution is 7.89. The zero-order valence-corrected chi connectivity index (χ0v) is 11.9. The van der Waals surface area contributed by atoms with Crippen LogP contribution in [0.5, 0.6) is 0 Å². The molecule has 2 N–H and O–H groups in total. The zero-order valence-electron chi connectivity index (χ0n) is 11.1. The molecule has 0 bridgehead atoms. The van der Waals surface area contributed by atoms with Crippen molar-refractivity contribution in [1.82, 2.24) is 9.97 Å². The Bertz CT molecular complexity index is 551. The summed E-state index contributed by atoms with van der Waals surface area (Å²) in [6.07, 6.45) is 2.15. The smallest absolute Gasteiger partial charge is 0.225 e. The lowest BCUT2D eigenvalue weighted by molar-refractivity contribution is 0.0531. The van der Waals surface area contributed by atoms with Gasteiger partial charge < -0.3 is 9.64 Å². The molecule has 0 saturated carbocycles. The molecule has 0 spiro atoms. The van der Waals surface area contributed by atoms with Gasteiger partial charge >= 0.3 is 0 Å². The lowest BCUT2D eigenvalue weighted by Gasteiger charge is -2.36. The quantitative estimate of drug-likeness (QED) is 0.833. The van der Waals surface area contributed by atoms with Crippen LogP contribution in [0.1, 0.15) is 13.3 Å². The number of sulfonamides is 1. The van der Waals surface area contributed by atoms with E-state index in [1.165, 1.54) is 0 Å². The molecule has 0 amide bonds. The number of anilines is 1. The lowest BCUT2D eigenvalue weighted by atomic mass is 10.1. The normalized spacial score (nSPS) is 23.9. The van der Waals surface area contributed by atoms with E-state index in [4.69, 9.17) is 9.88 Å². The van der Waals surface area contributed by atoms with Crippen molar-refractivity contribution in [1.29, 1.82) is 0 Å². The third-order valence-electron chi connectivity index (χ3n) is 3.13. The first-order chi connectivity index (χ1) is 9.40. The number of primary sulfonamides is 1. The van der Waals surface area contributed by atoms with Crippen molar-refractivity contribution in [2.45, 2.75) is 24.7 Å².